The zero-order chi connectivity index (χ0) is 8.55. The highest BCUT2D eigenvalue weighted by atomic mass is 16.5. The number of fused-ring (bicyclic) bond motifs is 2. The van der Waals surface area contributed by atoms with Crippen LogP contribution in [0, 0.1) is 11.8 Å². The lowest BCUT2D eigenvalue weighted by Crippen LogP contribution is -2.32. The molecule has 2 unspecified atom stereocenters. The summed E-state index contributed by atoms with van der Waals surface area (Å²) in [4.78, 5) is 21.3. The van der Waals surface area contributed by atoms with Gasteiger partial charge in [-0.1, -0.05) is 0 Å². The number of carbonyl (C=O) groups excluding carboxylic acids is 2. The smallest absolute Gasteiger partial charge is 0.293 e. The normalized spacial score (nSPS) is 39.7. The molecule has 3 heteroatoms. The maximum Gasteiger partial charge on any atom is 0.293 e. The summed E-state index contributed by atoms with van der Waals surface area (Å²) in [5.74, 6) is 0.983. The molecule has 2 atom stereocenters. The number of hydrogen-bond donors (Lipinski definition) is 0. The Balaban J connectivity index is 2.08. The summed E-state index contributed by atoms with van der Waals surface area (Å²) in [5, 5.41) is 0. The van der Waals surface area contributed by atoms with E-state index in [1.54, 1.807) is 0 Å². The molecule has 0 amide bonds. The zero-order valence-electron chi connectivity index (χ0n) is 6.86. The molecule has 0 heterocycles. The van der Waals surface area contributed by atoms with Gasteiger partial charge in [0.15, 0.2) is 0 Å². The average Bonchev–Trinajstić information content (AvgIpc) is 2.32. The molecular weight excluding hydrogens is 156 g/mol. The van der Waals surface area contributed by atoms with E-state index in [4.69, 9.17) is 4.74 Å². The van der Waals surface area contributed by atoms with E-state index in [-0.39, 0.29) is 6.10 Å². The van der Waals surface area contributed by atoms with Crippen LogP contribution < -0.4 is 0 Å². The molecule has 3 nitrogen and oxygen atoms in total. The van der Waals surface area contributed by atoms with Crippen molar-refractivity contribution in [1.29, 1.82) is 0 Å². The minimum atomic E-state index is 0.0419. The van der Waals surface area contributed by atoms with Gasteiger partial charge in [0.25, 0.3) is 6.47 Å². The second-order valence-electron chi connectivity index (χ2n) is 3.74. The number of hydrogen-bond acceptors (Lipinski definition) is 3. The largest absolute Gasteiger partial charge is 0.464 e. The number of ketones is 1. The first-order valence-electron chi connectivity index (χ1n) is 4.42. The SMILES string of the molecule is O=COC1C2CCC1CC(=O)C2. The minimum Gasteiger partial charge on any atom is -0.464 e. The van der Waals surface area contributed by atoms with Crippen molar-refractivity contribution in [2.75, 3.05) is 0 Å². The highest BCUT2D eigenvalue weighted by Gasteiger charge is 2.43. The average molecular weight is 168 g/mol. The van der Waals surface area contributed by atoms with Crippen molar-refractivity contribution in [3.8, 4) is 0 Å². The Bertz CT molecular complexity index is 196. The summed E-state index contributed by atoms with van der Waals surface area (Å²) < 4.78 is 4.99. The summed E-state index contributed by atoms with van der Waals surface area (Å²) in [6.45, 7) is 0.520. The monoisotopic (exact) mass is 168 g/mol. The lowest BCUT2D eigenvalue weighted by Gasteiger charge is -2.27. The van der Waals surface area contributed by atoms with E-state index >= 15 is 0 Å². The van der Waals surface area contributed by atoms with Gasteiger partial charge in [-0.2, -0.15) is 0 Å². The fraction of sp³-hybridized carbons (Fsp3) is 0.778. The summed E-state index contributed by atoms with van der Waals surface area (Å²) in [6.07, 6.45) is 3.38. The van der Waals surface area contributed by atoms with Crippen LogP contribution in [0.2, 0.25) is 0 Å². The van der Waals surface area contributed by atoms with Crippen molar-refractivity contribution in [2.24, 2.45) is 11.8 Å². The van der Waals surface area contributed by atoms with Crippen LogP contribution in [0.25, 0.3) is 0 Å². The van der Waals surface area contributed by atoms with Gasteiger partial charge in [-0.15, -0.1) is 0 Å². The van der Waals surface area contributed by atoms with Crippen molar-refractivity contribution < 1.29 is 14.3 Å². The molecule has 2 fully saturated rings. The molecule has 2 rings (SSSR count). The molecule has 2 aliphatic rings. The standard InChI is InChI=1S/C9H12O3/c10-5-12-9-6-1-2-7(9)4-8(11)3-6/h5-7,9H,1-4H2. The Kier molecular flexibility index (Phi) is 1.87. The number of rotatable bonds is 2. The van der Waals surface area contributed by atoms with Crippen LogP contribution in [0.4, 0.5) is 0 Å². The van der Waals surface area contributed by atoms with Gasteiger partial charge in [-0.05, 0) is 12.8 Å². The molecule has 0 aromatic carbocycles. The van der Waals surface area contributed by atoms with Gasteiger partial charge < -0.3 is 4.74 Å². The van der Waals surface area contributed by atoms with Gasteiger partial charge in [0.1, 0.15) is 11.9 Å². The molecule has 2 aliphatic carbocycles. The van der Waals surface area contributed by atoms with E-state index in [0.29, 0.717) is 36.9 Å². The van der Waals surface area contributed by atoms with E-state index < -0.39 is 0 Å². The van der Waals surface area contributed by atoms with Crippen molar-refractivity contribution in [1.82, 2.24) is 0 Å². The second kappa shape index (κ2) is 2.88. The molecular formula is C9H12O3. The number of ether oxygens (including phenoxy) is 1. The number of carbonyl (C=O) groups is 2. The molecule has 0 aromatic rings. The Morgan fingerprint density at radius 3 is 2.33 bits per heavy atom. The van der Waals surface area contributed by atoms with E-state index in [2.05, 4.69) is 0 Å². The quantitative estimate of drug-likeness (QED) is 0.576. The Morgan fingerprint density at radius 2 is 1.83 bits per heavy atom. The molecule has 0 N–H and O–H groups in total. The van der Waals surface area contributed by atoms with Crippen LogP contribution in [0.3, 0.4) is 0 Å². The topological polar surface area (TPSA) is 43.4 Å². The zero-order valence-corrected chi connectivity index (χ0v) is 6.86. The highest BCUT2D eigenvalue weighted by molar-refractivity contribution is 5.80. The van der Waals surface area contributed by atoms with Gasteiger partial charge in [-0.3, -0.25) is 9.59 Å². The van der Waals surface area contributed by atoms with Crippen LogP contribution >= 0.6 is 0 Å². The predicted octanol–water partition coefficient (Wildman–Crippen LogP) is 0.917. The summed E-state index contributed by atoms with van der Waals surface area (Å²) in [7, 11) is 0. The van der Waals surface area contributed by atoms with Gasteiger partial charge in [0, 0.05) is 24.7 Å². The van der Waals surface area contributed by atoms with E-state index in [1.807, 2.05) is 0 Å². The lowest BCUT2D eigenvalue weighted by atomic mass is 9.85. The van der Waals surface area contributed by atoms with Gasteiger partial charge >= 0.3 is 0 Å². The second-order valence-corrected chi connectivity index (χ2v) is 3.74. The van der Waals surface area contributed by atoms with Crippen molar-refractivity contribution in [2.45, 2.75) is 31.8 Å². The summed E-state index contributed by atoms with van der Waals surface area (Å²) in [6, 6.07) is 0. The molecule has 0 radical (unpaired) electrons. The fourth-order valence-electron chi connectivity index (χ4n) is 2.53. The molecule has 0 aliphatic heterocycles. The van der Waals surface area contributed by atoms with Crippen LogP contribution in [-0.2, 0) is 14.3 Å². The minimum absolute atomic E-state index is 0.0419. The first kappa shape index (κ1) is 7.77. The van der Waals surface area contributed by atoms with E-state index in [0.717, 1.165) is 12.8 Å². The van der Waals surface area contributed by atoms with Gasteiger partial charge in [0.2, 0.25) is 0 Å². The van der Waals surface area contributed by atoms with Crippen LogP contribution in [0.1, 0.15) is 25.7 Å². The third kappa shape index (κ3) is 1.13. The third-order valence-corrected chi connectivity index (χ3v) is 3.03. The maximum absolute atomic E-state index is 11.1. The van der Waals surface area contributed by atoms with E-state index in [9.17, 15) is 9.59 Å². The molecule has 66 valence electrons. The molecule has 0 aromatic heterocycles. The van der Waals surface area contributed by atoms with Crippen LogP contribution in [-0.4, -0.2) is 18.4 Å². The van der Waals surface area contributed by atoms with Crippen molar-refractivity contribution in [3.05, 3.63) is 0 Å². The first-order chi connectivity index (χ1) is 5.81. The van der Waals surface area contributed by atoms with E-state index in [1.165, 1.54) is 0 Å². The summed E-state index contributed by atoms with van der Waals surface area (Å²) in [5.41, 5.74) is 0. The Hall–Kier alpha value is -0.860. The predicted molar refractivity (Wildman–Crippen MR) is 41.4 cm³/mol. The highest BCUT2D eigenvalue weighted by Crippen LogP contribution is 2.42. The van der Waals surface area contributed by atoms with Crippen molar-refractivity contribution >= 4 is 12.3 Å². The summed E-state index contributed by atoms with van der Waals surface area (Å²) >= 11 is 0. The van der Waals surface area contributed by atoms with Crippen LogP contribution in [0.5, 0.6) is 0 Å². The fourth-order valence-corrected chi connectivity index (χ4v) is 2.53. The third-order valence-electron chi connectivity index (χ3n) is 3.03. The van der Waals surface area contributed by atoms with Crippen LogP contribution in [0.15, 0.2) is 0 Å². The first-order valence-corrected chi connectivity index (χ1v) is 4.42. The number of Topliss-reactive ketones (excluding diaryl/α,β-unsaturated/α-hetero) is 1. The molecule has 12 heavy (non-hydrogen) atoms. The molecule has 2 bridgehead atoms. The molecule has 0 spiro atoms. The van der Waals surface area contributed by atoms with Gasteiger partial charge in [0.05, 0.1) is 0 Å². The Morgan fingerprint density at radius 1 is 1.25 bits per heavy atom. The maximum atomic E-state index is 11.1. The molecule has 0 saturated heterocycles. The molecule has 2 saturated carbocycles. The lowest BCUT2D eigenvalue weighted by molar-refractivity contribution is -0.143. The van der Waals surface area contributed by atoms with Gasteiger partial charge in [-0.25, -0.2) is 0 Å². The van der Waals surface area contributed by atoms with Crippen molar-refractivity contribution in [3.63, 3.8) is 0 Å². The Labute approximate surface area is 71.1 Å².